The largest absolute Gasteiger partial charge is 0.486 e. The number of anilines is 1. The van der Waals surface area contributed by atoms with Gasteiger partial charge in [0, 0.05) is 28.6 Å². The molecule has 1 N–H and O–H groups in total. The van der Waals surface area contributed by atoms with Crippen molar-refractivity contribution >= 4 is 68.9 Å². The second-order valence-electron chi connectivity index (χ2n) is 7.01. The van der Waals surface area contributed by atoms with Crippen LogP contribution in [0.1, 0.15) is 12.7 Å². The van der Waals surface area contributed by atoms with Gasteiger partial charge in [-0.25, -0.2) is 9.37 Å². The van der Waals surface area contributed by atoms with Crippen molar-refractivity contribution in [3.05, 3.63) is 68.5 Å². The number of nitrogens with zero attached hydrogens (tertiary/aromatic N) is 4. The highest BCUT2D eigenvalue weighted by atomic mass is 35.5. The van der Waals surface area contributed by atoms with Crippen LogP contribution in [0.25, 0.3) is 11.3 Å². The molecule has 0 unspecified atom stereocenters. The van der Waals surface area contributed by atoms with Gasteiger partial charge in [0.1, 0.15) is 18.2 Å². The monoisotopic (exact) mass is 571 g/mol. The van der Waals surface area contributed by atoms with Crippen molar-refractivity contribution in [2.24, 2.45) is 0 Å². The number of thioether (sulfide) groups is 1. The molecule has 13 heteroatoms. The molecule has 0 saturated carbocycles. The number of thiazole rings is 1. The van der Waals surface area contributed by atoms with Crippen molar-refractivity contribution in [2.45, 2.75) is 25.2 Å². The predicted molar refractivity (Wildman–Crippen MR) is 138 cm³/mol. The van der Waals surface area contributed by atoms with Gasteiger partial charge in [0.2, 0.25) is 5.91 Å². The van der Waals surface area contributed by atoms with Crippen LogP contribution < -0.4 is 10.1 Å². The zero-order chi connectivity index (χ0) is 24.9. The molecule has 0 aliphatic carbocycles. The Hall–Kier alpha value is -2.37. The quantitative estimate of drug-likeness (QED) is 0.221. The van der Waals surface area contributed by atoms with E-state index >= 15 is 0 Å². The zero-order valence-corrected chi connectivity index (χ0v) is 22.0. The first-order valence-electron chi connectivity index (χ1n) is 10.2. The van der Waals surface area contributed by atoms with Crippen molar-refractivity contribution < 1.29 is 13.9 Å². The third kappa shape index (κ3) is 6.45. The summed E-state index contributed by atoms with van der Waals surface area (Å²) in [6.07, 6.45) is 0. The maximum absolute atomic E-state index is 13.3. The summed E-state index contributed by atoms with van der Waals surface area (Å²) in [4.78, 5) is 16.9. The van der Waals surface area contributed by atoms with Crippen LogP contribution in [0.3, 0.4) is 0 Å². The van der Waals surface area contributed by atoms with Gasteiger partial charge in [-0.05, 0) is 37.3 Å². The average Bonchev–Trinajstić information content (AvgIpc) is 3.45. The first-order chi connectivity index (χ1) is 16.8. The summed E-state index contributed by atoms with van der Waals surface area (Å²) in [7, 11) is 0. The molecule has 0 atom stereocenters. The van der Waals surface area contributed by atoms with E-state index in [-0.39, 0.29) is 23.3 Å². The van der Waals surface area contributed by atoms with Gasteiger partial charge in [-0.3, -0.25) is 4.79 Å². The van der Waals surface area contributed by atoms with Crippen LogP contribution in [0, 0.1) is 5.82 Å². The molecule has 35 heavy (non-hydrogen) atoms. The third-order valence-corrected chi connectivity index (χ3v) is 7.22. The number of hydrogen-bond acceptors (Lipinski definition) is 7. The summed E-state index contributed by atoms with van der Waals surface area (Å²) < 4.78 is 20.8. The number of amides is 1. The molecule has 2 aromatic carbocycles. The summed E-state index contributed by atoms with van der Waals surface area (Å²) in [5, 5.41) is 14.9. The van der Waals surface area contributed by atoms with Gasteiger partial charge in [-0.15, -0.1) is 21.5 Å². The number of halogens is 4. The Bertz CT molecular complexity index is 1360. The van der Waals surface area contributed by atoms with Crippen LogP contribution in [0.15, 0.2) is 46.9 Å². The third-order valence-electron chi connectivity index (χ3n) is 4.66. The number of hydrogen-bond donors (Lipinski definition) is 1. The van der Waals surface area contributed by atoms with Crippen LogP contribution in [-0.4, -0.2) is 31.4 Å². The van der Waals surface area contributed by atoms with E-state index < -0.39 is 5.82 Å². The van der Waals surface area contributed by atoms with Crippen LogP contribution in [-0.2, 0) is 17.9 Å². The molecule has 4 rings (SSSR count). The van der Waals surface area contributed by atoms with E-state index in [0.29, 0.717) is 44.1 Å². The number of ether oxygens (including phenoxy) is 1. The average molecular weight is 573 g/mol. The highest BCUT2D eigenvalue weighted by Crippen LogP contribution is 2.32. The van der Waals surface area contributed by atoms with Crippen molar-refractivity contribution in [3.63, 3.8) is 0 Å². The van der Waals surface area contributed by atoms with Gasteiger partial charge >= 0.3 is 0 Å². The number of aromatic nitrogens is 4. The smallest absolute Gasteiger partial charge is 0.236 e. The molecule has 0 bridgehead atoms. The van der Waals surface area contributed by atoms with Crippen molar-refractivity contribution in [1.82, 2.24) is 19.7 Å². The minimum Gasteiger partial charge on any atom is -0.486 e. The van der Waals surface area contributed by atoms with Crippen LogP contribution >= 0.6 is 57.9 Å². The molecule has 0 aliphatic heterocycles. The van der Waals surface area contributed by atoms with Gasteiger partial charge < -0.3 is 14.6 Å². The maximum atomic E-state index is 13.3. The minimum absolute atomic E-state index is 0.0228. The van der Waals surface area contributed by atoms with E-state index in [0.717, 1.165) is 5.56 Å². The number of rotatable bonds is 9. The van der Waals surface area contributed by atoms with E-state index in [4.69, 9.17) is 39.5 Å². The summed E-state index contributed by atoms with van der Waals surface area (Å²) in [5.74, 6) is 0.347. The number of carbonyl (C=O) groups is 1. The topological polar surface area (TPSA) is 81.9 Å². The highest BCUT2D eigenvalue weighted by Gasteiger charge is 2.16. The number of benzene rings is 2. The zero-order valence-electron chi connectivity index (χ0n) is 18.1. The summed E-state index contributed by atoms with van der Waals surface area (Å²) in [6.45, 7) is 2.63. The number of nitrogens with one attached hydrogen (secondary N) is 1. The van der Waals surface area contributed by atoms with Gasteiger partial charge in [0.15, 0.2) is 16.1 Å². The molecule has 1 amide bonds. The molecule has 4 aromatic rings. The lowest BCUT2D eigenvalue weighted by molar-refractivity contribution is -0.113. The molecule has 0 radical (unpaired) electrons. The minimum atomic E-state index is -0.518. The van der Waals surface area contributed by atoms with E-state index in [9.17, 15) is 9.18 Å². The fraction of sp³-hybridized carbons (Fsp3) is 0.182. The van der Waals surface area contributed by atoms with Gasteiger partial charge in [0.25, 0.3) is 0 Å². The molecule has 2 heterocycles. The van der Waals surface area contributed by atoms with E-state index in [1.807, 2.05) is 16.9 Å². The predicted octanol–water partition coefficient (Wildman–Crippen LogP) is 6.83. The lowest BCUT2D eigenvalue weighted by Crippen LogP contribution is -2.14. The molecule has 2 aromatic heterocycles. The maximum Gasteiger partial charge on any atom is 0.236 e. The van der Waals surface area contributed by atoms with Gasteiger partial charge in [-0.1, -0.05) is 46.6 Å². The standard InChI is InChI=1S/C22H17Cl3FN5O2S2/c1-2-31-19(9-33-13-4-6-17(26)16(25)8-13)29-30-22(31)35-11-20(32)28-21-27-18(10-34-21)14-5-3-12(23)7-15(14)24/h3-8,10H,2,9,11H2,1H3,(H,27,28,32). The molecule has 0 saturated heterocycles. The Morgan fingerprint density at radius 3 is 2.74 bits per heavy atom. The van der Waals surface area contributed by atoms with Crippen molar-refractivity contribution in [3.8, 4) is 17.0 Å². The molecule has 0 aliphatic rings. The van der Waals surface area contributed by atoms with Gasteiger partial charge in [-0.2, -0.15) is 0 Å². The van der Waals surface area contributed by atoms with Crippen LogP contribution in [0.5, 0.6) is 5.75 Å². The first kappa shape index (κ1) is 25.7. The molecular weight excluding hydrogens is 556 g/mol. The molecular formula is C22H17Cl3FN5O2S2. The lowest BCUT2D eigenvalue weighted by atomic mass is 10.2. The van der Waals surface area contributed by atoms with Crippen molar-refractivity contribution in [1.29, 1.82) is 0 Å². The first-order valence-corrected chi connectivity index (χ1v) is 13.2. The Kier molecular flexibility index (Phi) is 8.51. The van der Waals surface area contributed by atoms with Crippen LogP contribution in [0.2, 0.25) is 15.1 Å². The summed E-state index contributed by atoms with van der Waals surface area (Å²) in [5.41, 5.74) is 1.38. The van der Waals surface area contributed by atoms with Crippen LogP contribution in [0.4, 0.5) is 9.52 Å². The summed E-state index contributed by atoms with van der Waals surface area (Å²) >= 11 is 20.5. The fourth-order valence-corrected chi connectivity index (χ4v) is 5.23. The SMILES string of the molecule is CCn1c(COc2ccc(F)c(Cl)c2)nnc1SCC(=O)Nc1nc(-c2ccc(Cl)cc2Cl)cs1. The van der Waals surface area contributed by atoms with Gasteiger partial charge in [0.05, 0.1) is 21.5 Å². The lowest BCUT2D eigenvalue weighted by Gasteiger charge is -2.09. The Labute approximate surface area is 223 Å². The molecule has 7 nitrogen and oxygen atoms in total. The summed E-state index contributed by atoms with van der Waals surface area (Å²) in [6, 6.07) is 9.27. The second kappa shape index (κ2) is 11.6. The molecule has 0 spiro atoms. The Balaban J connectivity index is 1.34. The molecule has 0 fully saturated rings. The Morgan fingerprint density at radius 2 is 2.00 bits per heavy atom. The Morgan fingerprint density at radius 1 is 1.17 bits per heavy atom. The van der Waals surface area contributed by atoms with E-state index in [1.165, 1.54) is 41.3 Å². The molecule has 182 valence electrons. The highest BCUT2D eigenvalue weighted by molar-refractivity contribution is 7.99. The number of carbonyl (C=O) groups excluding carboxylic acids is 1. The second-order valence-corrected chi connectivity index (χ2v) is 10.1. The fourth-order valence-electron chi connectivity index (χ4n) is 3.00. The van der Waals surface area contributed by atoms with E-state index in [2.05, 4.69) is 20.5 Å². The normalized spacial score (nSPS) is 11.0. The van der Waals surface area contributed by atoms with E-state index in [1.54, 1.807) is 18.2 Å². The van der Waals surface area contributed by atoms with Crippen molar-refractivity contribution in [2.75, 3.05) is 11.1 Å².